The predicted molar refractivity (Wildman–Crippen MR) is 64.0 cm³/mol. The van der Waals surface area contributed by atoms with Crippen LogP contribution >= 0.6 is 0 Å². The third-order valence-corrected chi connectivity index (χ3v) is 3.26. The molecular formula is C13H17FN2O. The summed E-state index contributed by atoms with van der Waals surface area (Å²) in [7, 11) is 0. The first kappa shape index (κ1) is 12.0. The summed E-state index contributed by atoms with van der Waals surface area (Å²) < 4.78 is 13.1. The number of rotatable bonds is 2. The zero-order chi connectivity index (χ0) is 12.4. The first-order valence-corrected chi connectivity index (χ1v) is 5.88. The molecule has 0 aromatic heterocycles. The Morgan fingerprint density at radius 2 is 2.35 bits per heavy atom. The minimum atomic E-state index is -0.309. The summed E-state index contributed by atoms with van der Waals surface area (Å²) in [6, 6.07) is 6.29. The smallest absolute Gasteiger partial charge is 0.229 e. The van der Waals surface area contributed by atoms with E-state index in [1.54, 1.807) is 24.0 Å². The van der Waals surface area contributed by atoms with E-state index in [1.165, 1.54) is 12.1 Å². The van der Waals surface area contributed by atoms with E-state index in [0.717, 1.165) is 12.0 Å². The SMILES string of the molecule is C[C@@H](C(=O)N1CC[C@@H](N)C1)c1cccc(F)c1. The van der Waals surface area contributed by atoms with Gasteiger partial charge in [0.2, 0.25) is 5.91 Å². The first-order chi connectivity index (χ1) is 8.08. The van der Waals surface area contributed by atoms with Crippen molar-refractivity contribution in [2.24, 2.45) is 5.73 Å². The van der Waals surface area contributed by atoms with Crippen LogP contribution in [0.25, 0.3) is 0 Å². The lowest BCUT2D eigenvalue weighted by molar-refractivity contribution is -0.131. The van der Waals surface area contributed by atoms with E-state index in [0.29, 0.717) is 13.1 Å². The average Bonchev–Trinajstić information content (AvgIpc) is 2.74. The second kappa shape index (κ2) is 4.84. The summed E-state index contributed by atoms with van der Waals surface area (Å²) in [4.78, 5) is 13.9. The van der Waals surface area contributed by atoms with E-state index in [-0.39, 0.29) is 23.7 Å². The molecule has 1 fully saturated rings. The summed E-state index contributed by atoms with van der Waals surface area (Å²) in [6.07, 6.45) is 0.849. The zero-order valence-corrected chi connectivity index (χ0v) is 9.90. The van der Waals surface area contributed by atoms with Crippen molar-refractivity contribution in [1.82, 2.24) is 4.90 Å². The second-order valence-corrected chi connectivity index (χ2v) is 4.61. The van der Waals surface area contributed by atoms with Crippen LogP contribution < -0.4 is 5.73 Å². The number of hydrogen-bond acceptors (Lipinski definition) is 2. The summed E-state index contributed by atoms with van der Waals surface area (Å²) in [5, 5.41) is 0. The Labute approximate surface area is 100 Å². The first-order valence-electron chi connectivity index (χ1n) is 5.88. The van der Waals surface area contributed by atoms with Gasteiger partial charge in [-0.05, 0) is 31.0 Å². The second-order valence-electron chi connectivity index (χ2n) is 4.61. The minimum absolute atomic E-state index is 0.0311. The Morgan fingerprint density at radius 3 is 2.94 bits per heavy atom. The van der Waals surface area contributed by atoms with Gasteiger partial charge in [-0.25, -0.2) is 4.39 Å². The largest absolute Gasteiger partial charge is 0.341 e. The number of nitrogens with two attached hydrogens (primary N) is 1. The van der Waals surface area contributed by atoms with E-state index in [9.17, 15) is 9.18 Å². The molecule has 1 saturated heterocycles. The molecule has 92 valence electrons. The van der Waals surface area contributed by atoms with Gasteiger partial charge in [0.1, 0.15) is 5.82 Å². The monoisotopic (exact) mass is 236 g/mol. The molecule has 1 aliphatic heterocycles. The van der Waals surface area contributed by atoms with Gasteiger partial charge in [-0.2, -0.15) is 0 Å². The maximum atomic E-state index is 13.1. The van der Waals surface area contributed by atoms with Gasteiger partial charge in [0.15, 0.2) is 0 Å². The normalized spacial score (nSPS) is 21.6. The molecule has 0 bridgehead atoms. The molecule has 1 amide bonds. The lowest BCUT2D eigenvalue weighted by Crippen LogP contribution is -2.34. The van der Waals surface area contributed by atoms with Crippen LogP contribution in [-0.4, -0.2) is 29.9 Å². The van der Waals surface area contributed by atoms with Crippen molar-refractivity contribution in [3.05, 3.63) is 35.6 Å². The number of likely N-dealkylation sites (tertiary alicyclic amines) is 1. The standard InChI is InChI=1S/C13H17FN2O/c1-9(10-3-2-4-11(14)7-10)13(17)16-6-5-12(15)8-16/h2-4,7,9,12H,5-6,8,15H2,1H3/t9-,12-/m1/s1. The molecule has 1 aliphatic rings. The van der Waals surface area contributed by atoms with E-state index < -0.39 is 0 Å². The van der Waals surface area contributed by atoms with Crippen LogP contribution in [0.3, 0.4) is 0 Å². The van der Waals surface area contributed by atoms with Crippen LogP contribution in [0, 0.1) is 5.82 Å². The van der Waals surface area contributed by atoms with Gasteiger partial charge in [-0.3, -0.25) is 4.79 Å². The van der Waals surface area contributed by atoms with Gasteiger partial charge >= 0.3 is 0 Å². The van der Waals surface area contributed by atoms with E-state index in [2.05, 4.69) is 0 Å². The van der Waals surface area contributed by atoms with Gasteiger partial charge in [0.05, 0.1) is 5.92 Å². The molecule has 0 spiro atoms. The molecule has 1 aromatic carbocycles. The lowest BCUT2D eigenvalue weighted by atomic mass is 10.00. The predicted octanol–water partition coefficient (Wildman–Crippen LogP) is 1.49. The van der Waals surface area contributed by atoms with E-state index >= 15 is 0 Å². The van der Waals surface area contributed by atoms with Crippen LogP contribution in [0.4, 0.5) is 4.39 Å². The van der Waals surface area contributed by atoms with Crippen LogP contribution in [0.1, 0.15) is 24.8 Å². The van der Waals surface area contributed by atoms with Gasteiger partial charge in [-0.1, -0.05) is 12.1 Å². The highest BCUT2D eigenvalue weighted by atomic mass is 19.1. The fourth-order valence-electron chi connectivity index (χ4n) is 2.18. The Balaban J connectivity index is 2.09. The number of halogens is 1. The van der Waals surface area contributed by atoms with Crippen molar-refractivity contribution in [3.8, 4) is 0 Å². The van der Waals surface area contributed by atoms with Crippen molar-refractivity contribution in [3.63, 3.8) is 0 Å². The fourth-order valence-corrected chi connectivity index (χ4v) is 2.18. The molecule has 1 aromatic rings. The van der Waals surface area contributed by atoms with Crippen molar-refractivity contribution < 1.29 is 9.18 Å². The summed E-state index contributed by atoms with van der Waals surface area (Å²) >= 11 is 0. The van der Waals surface area contributed by atoms with E-state index in [1.807, 2.05) is 0 Å². The van der Waals surface area contributed by atoms with Crippen molar-refractivity contribution in [1.29, 1.82) is 0 Å². The molecule has 2 atom stereocenters. The third kappa shape index (κ3) is 2.64. The minimum Gasteiger partial charge on any atom is -0.341 e. The molecule has 2 N–H and O–H groups in total. The molecule has 3 nitrogen and oxygen atoms in total. The molecule has 0 aliphatic carbocycles. The lowest BCUT2D eigenvalue weighted by Gasteiger charge is -2.20. The van der Waals surface area contributed by atoms with E-state index in [4.69, 9.17) is 5.73 Å². The molecule has 2 rings (SSSR count). The van der Waals surface area contributed by atoms with Crippen LogP contribution in [-0.2, 0) is 4.79 Å². The fraction of sp³-hybridized carbons (Fsp3) is 0.462. The Bertz CT molecular complexity index is 422. The Hall–Kier alpha value is -1.42. The number of nitrogens with zero attached hydrogens (tertiary/aromatic N) is 1. The maximum absolute atomic E-state index is 13.1. The molecular weight excluding hydrogens is 219 g/mol. The zero-order valence-electron chi connectivity index (χ0n) is 9.90. The van der Waals surface area contributed by atoms with Crippen LogP contribution in [0.2, 0.25) is 0 Å². The topological polar surface area (TPSA) is 46.3 Å². The molecule has 17 heavy (non-hydrogen) atoms. The molecule has 0 saturated carbocycles. The number of carbonyl (C=O) groups is 1. The quantitative estimate of drug-likeness (QED) is 0.845. The molecule has 0 radical (unpaired) electrons. The molecule has 4 heteroatoms. The highest BCUT2D eigenvalue weighted by molar-refractivity contribution is 5.83. The number of benzene rings is 1. The highest BCUT2D eigenvalue weighted by Gasteiger charge is 2.27. The number of carbonyl (C=O) groups excluding carboxylic acids is 1. The Morgan fingerprint density at radius 1 is 1.59 bits per heavy atom. The summed E-state index contributed by atoms with van der Waals surface area (Å²) in [5.74, 6) is -0.583. The highest BCUT2D eigenvalue weighted by Crippen LogP contribution is 2.21. The van der Waals surface area contributed by atoms with Crippen molar-refractivity contribution in [2.45, 2.75) is 25.3 Å². The van der Waals surface area contributed by atoms with Gasteiger partial charge in [0.25, 0.3) is 0 Å². The van der Waals surface area contributed by atoms with Crippen LogP contribution in [0.15, 0.2) is 24.3 Å². The van der Waals surface area contributed by atoms with Gasteiger partial charge in [0, 0.05) is 19.1 Å². The third-order valence-electron chi connectivity index (χ3n) is 3.26. The molecule has 1 heterocycles. The van der Waals surface area contributed by atoms with Crippen LogP contribution in [0.5, 0.6) is 0 Å². The number of hydrogen-bond donors (Lipinski definition) is 1. The maximum Gasteiger partial charge on any atom is 0.229 e. The summed E-state index contributed by atoms with van der Waals surface area (Å²) in [5.41, 5.74) is 6.49. The average molecular weight is 236 g/mol. The van der Waals surface area contributed by atoms with Gasteiger partial charge in [-0.15, -0.1) is 0 Å². The van der Waals surface area contributed by atoms with Crippen molar-refractivity contribution >= 4 is 5.91 Å². The Kier molecular flexibility index (Phi) is 3.43. The molecule has 0 unspecified atom stereocenters. The summed E-state index contributed by atoms with van der Waals surface area (Å²) in [6.45, 7) is 3.12. The van der Waals surface area contributed by atoms with Gasteiger partial charge < -0.3 is 10.6 Å². The van der Waals surface area contributed by atoms with Crippen molar-refractivity contribution in [2.75, 3.05) is 13.1 Å². The number of amides is 1.